The lowest BCUT2D eigenvalue weighted by Crippen LogP contribution is -2.45. The maximum atomic E-state index is 6.21. The van der Waals surface area contributed by atoms with Gasteiger partial charge in [-0.3, -0.25) is 4.90 Å². The normalized spacial score (nSPS) is 17.1. The lowest BCUT2D eigenvalue weighted by molar-refractivity contribution is 0.202. The van der Waals surface area contributed by atoms with Gasteiger partial charge in [0.2, 0.25) is 0 Å². The molecule has 19 heavy (non-hydrogen) atoms. The van der Waals surface area contributed by atoms with Crippen LogP contribution in [0, 0.1) is 0 Å². The first kappa shape index (κ1) is 15.1. The minimum absolute atomic E-state index is 0.634. The third-order valence-corrected chi connectivity index (χ3v) is 4.34. The van der Waals surface area contributed by atoms with Crippen molar-refractivity contribution in [1.29, 1.82) is 0 Å². The molecule has 5 heteroatoms. The molecule has 1 aliphatic rings. The van der Waals surface area contributed by atoms with Crippen LogP contribution in [0.3, 0.4) is 0 Å². The maximum Gasteiger partial charge on any atom is 0.0637 e. The van der Waals surface area contributed by atoms with Gasteiger partial charge in [-0.1, -0.05) is 35.3 Å². The van der Waals surface area contributed by atoms with Crippen molar-refractivity contribution < 1.29 is 0 Å². The molecular formula is C14H21Cl2N3. The molecule has 1 aliphatic heterocycles. The highest BCUT2D eigenvalue weighted by Gasteiger charge is 2.11. The van der Waals surface area contributed by atoms with Gasteiger partial charge in [0.25, 0.3) is 0 Å². The Kier molecular flexibility index (Phi) is 5.92. The molecule has 1 heterocycles. The standard InChI is InChI=1S/C14H21Cl2N3/c1-18(9-10-19-7-5-17-6-8-19)11-12-3-2-4-13(15)14(12)16/h2-4,17H,5-11H2,1H3. The molecule has 2 rings (SSSR count). The SMILES string of the molecule is CN(CCN1CCNCC1)Cc1cccc(Cl)c1Cl. The van der Waals surface area contributed by atoms with Crippen LogP contribution in [0.25, 0.3) is 0 Å². The minimum Gasteiger partial charge on any atom is -0.314 e. The molecule has 1 aromatic rings. The monoisotopic (exact) mass is 301 g/mol. The molecular weight excluding hydrogens is 281 g/mol. The molecule has 1 N–H and O–H groups in total. The minimum atomic E-state index is 0.634. The summed E-state index contributed by atoms with van der Waals surface area (Å²) in [6.07, 6.45) is 0. The molecule has 0 bridgehead atoms. The van der Waals surface area contributed by atoms with Crippen molar-refractivity contribution >= 4 is 23.2 Å². The van der Waals surface area contributed by atoms with E-state index >= 15 is 0 Å². The summed E-state index contributed by atoms with van der Waals surface area (Å²) < 4.78 is 0. The van der Waals surface area contributed by atoms with Gasteiger partial charge in [-0.2, -0.15) is 0 Å². The van der Waals surface area contributed by atoms with E-state index in [0.29, 0.717) is 10.0 Å². The Morgan fingerprint density at radius 2 is 2.00 bits per heavy atom. The largest absolute Gasteiger partial charge is 0.314 e. The average molecular weight is 302 g/mol. The fraction of sp³-hybridized carbons (Fsp3) is 0.571. The molecule has 0 aromatic heterocycles. The zero-order valence-corrected chi connectivity index (χ0v) is 12.8. The molecule has 0 spiro atoms. The van der Waals surface area contributed by atoms with E-state index < -0.39 is 0 Å². The van der Waals surface area contributed by atoms with E-state index in [9.17, 15) is 0 Å². The van der Waals surface area contributed by atoms with E-state index in [2.05, 4.69) is 22.2 Å². The molecule has 0 radical (unpaired) electrons. The van der Waals surface area contributed by atoms with Crippen molar-refractivity contribution in [3.8, 4) is 0 Å². The summed E-state index contributed by atoms with van der Waals surface area (Å²) >= 11 is 12.2. The zero-order chi connectivity index (χ0) is 13.7. The number of likely N-dealkylation sites (N-methyl/N-ethyl adjacent to an activating group) is 1. The second-order valence-electron chi connectivity index (χ2n) is 5.04. The first-order valence-corrected chi connectivity index (χ1v) is 7.47. The summed E-state index contributed by atoms with van der Waals surface area (Å²) in [5.74, 6) is 0. The van der Waals surface area contributed by atoms with Gasteiger partial charge >= 0.3 is 0 Å². The smallest absolute Gasteiger partial charge is 0.0637 e. The first-order valence-electron chi connectivity index (χ1n) is 6.71. The Morgan fingerprint density at radius 3 is 2.74 bits per heavy atom. The van der Waals surface area contributed by atoms with Crippen LogP contribution in [0.5, 0.6) is 0 Å². The van der Waals surface area contributed by atoms with Crippen molar-refractivity contribution in [2.24, 2.45) is 0 Å². The van der Waals surface area contributed by atoms with E-state index in [1.165, 1.54) is 0 Å². The van der Waals surface area contributed by atoms with Crippen LogP contribution in [-0.2, 0) is 6.54 Å². The van der Waals surface area contributed by atoms with Crippen LogP contribution < -0.4 is 5.32 Å². The average Bonchev–Trinajstić information content (AvgIpc) is 2.43. The number of benzene rings is 1. The fourth-order valence-corrected chi connectivity index (χ4v) is 2.67. The van der Waals surface area contributed by atoms with Gasteiger partial charge in [0, 0.05) is 45.8 Å². The molecule has 0 saturated carbocycles. The van der Waals surface area contributed by atoms with Crippen LogP contribution in [0.2, 0.25) is 10.0 Å². The highest BCUT2D eigenvalue weighted by atomic mass is 35.5. The Bertz CT molecular complexity index is 406. The Labute approximate surface area is 125 Å². The summed E-state index contributed by atoms with van der Waals surface area (Å²) in [5.41, 5.74) is 1.09. The fourth-order valence-electron chi connectivity index (χ4n) is 2.29. The van der Waals surface area contributed by atoms with Gasteiger partial charge in [-0.25, -0.2) is 0 Å². The van der Waals surface area contributed by atoms with Crippen molar-refractivity contribution in [3.63, 3.8) is 0 Å². The molecule has 0 unspecified atom stereocenters. The van der Waals surface area contributed by atoms with Crippen molar-refractivity contribution in [3.05, 3.63) is 33.8 Å². The molecule has 0 aliphatic carbocycles. The summed E-state index contributed by atoms with van der Waals surface area (Å²) in [4.78, 5) is 4.78. The summed E-state index contributed by atoms with van der Waals surface area (Å²) in [5, 5.41) is 4.68. The van der Waals surface area contributed by atoms with Gasteiger partial charge in [-0.05, 0) is 18.7 Å². The van der Waals surface area contributed by atoms with Crippen LogP contribution >= 0.6 is 23.2 Å². The van der Waals surface area contributed by atoms with Crippen molar-refractivity contribution in [1.82, 2.24) is 15.1 Å². The molecule has 1 aromatic carbocycles. The van der Waals surface area contributed by atoms with E-state index in [-0.39, 0.29) is 0 Å². The maximum absolute atomic E-state index is 6.21. The topological polar surface area (TPSA) is 18.5 Å². The Balaban J connectivity index is 1.80. The Hall–Kier alpha value is -0.320. The Morgan fingerprint density at radius 1 is 1.26 bits per heavy atom. The number of nitrogens with one attached hydrogen (secondary N) is 1. The molecule has 3 nitrogen and oxygen atoms in total. The lowest BCUT2D eigenvalue weighted by Gasteiger charge is -2.29. The molecule has 0 amide bonds. The van der Waals surface area contributed by atoms with Crippen LogP contribution in [0.15, 0.2) is 18.2 Å². The third-order valence-electron chi connectivity index (χ3n) is 3.48. The summed E-state index contributed by atoms with van der Waals surface area (Å²) in [6, 6.07) is 5.82. The number of halogens is 2. The number of hydrogen-bond donors (Lipinski definition) is 1. The van der Waals surface area contributed by atoms with E-state index in [0.717, 1.165) is 51.4 Å². The van der Waals surface area contributed by atoms with Crippen LogP contribution in [0.1, 0.15) is 5.56 Å². The van der Waals surface area contributed by atoms with E-state index in [1.807, 2.05) is 18.2 Å². The van der Waals surface area contributed by atoms with Gasteiger partial charge in [0.1, 0.15) is 0 Å². The molecule has 1 fully saturated rings. The zero-order valence-electron chi connectivity index (χ0n) is 11.3. The van der Waals surface area contributed by atoms with Gasteiger partial charge in [-0.15, -0.1) is 0 Å². The highest BCUT2D eigenvalue weighted by Crippen LogP contribution is 2.26. The lowest BCUT2D eigenvalue weighted by atomic mass is 10.2. The summed E-state index contributed by atoms with van der Waals surface area (Å²) in [6.45, 7) is 7.48. The van der Waals surface area contributed by atoms with Crippen LogP contribution in [-0.4, -0.2) is 56.1 Å². The van der Waals surface area contributed by atoms with E-state index in [4.69, 9.17) is 23.2 Å². The quantitative estimate of drug-likeness (QED) is 0.900. The number of rotatable bonds is 5. The molecule has 1 saturated heterocycles. The van der Waals surface area contributed by atoms with Crippen molar-refractivity contribution in [2.75, 3.05) is 46.3 Å². The highest BCUT2D eigenvalue weighted by molar-refractivity contribution is 6.42. The summed E-state index contributed by atoms with van der Waals surface area (Å²) in [7, 11) is 2.12. The predicted octanol–water partition coefficient (Wildman–Crippen LogP) is 2.33. The van der Waals surface area contributed by atoms with E-state index in [1.54, 1.807) is 0 Å². The number of piperazine rings is 1. The van der Waals surface area contributed by atoms with Gasteiger partial charge in [0.05, 0.1) is 10.0 Å². The van der Waals surface area contributed by atoms with Crippen LogP contribution in [0.4, 0.5) is 0 Å². The predicted molar refractivity (Wildman–Crippen MR) is 82.1 cm³/mol. The number of hydrogen-bond acceptors (Lipinski definition) is 3. The van der Waals surface area contributed by atoms with Gasteiger partial charge in [0.15, 0.2) is 0 Å². The second-order valence-corrected chi connectivity index (χ2v) is 5.83. The van der Waals surface area contributed by atoms with Gasteiger partial charge < -0.3 is 10.2 Å². The molecule has 106 valence electrons. The number of nitrogens with zero attached hydrogens (tertiary/aromatic N) is 2. The third kappa shape index (κ3) is 4.62. The first-order chi connectivity index (χ1) is 9.16. The van der Waals surface area contributed by atoms with Crippen molar-refractivity contribution in [2.45, 2.75) is 6.54 Å². The molecule has 0 atom stereocenters. The second kappa shape index (κ2) is 7.46.